The molecule has 0 bridgehead atoms. The van der Waals surface area contributed by atoms with Gasteiger partial charge >= 0.3 is 5.97 Å². The van der Waals surface area contributed by atoms with Gasteiger partial charge in [0.1, 0.15) is 0 Å². The lowest BCUT2D eigenvalue weighted by molar-refractivity contribution is -0.152. The summed E-state index contributed by atoms with van der Waals surface area (Å²) in [5.74, 6) is -1.14. The molecule has 1 amide bonds. The van der Waals surface area contributed by atoms with Gasteiger partial charge in [-0.15, -0.1) is 0 Å². The van der Waals surface area contributed by atoms with Gasteiger partial charge in [0.25, 0.3) is 0 Å². The van der Waals surface area contributed by atoms with Gasteiger partial charge in [0, 0.05) is 32.7 Å². The Kier molecular flexibility index (Phi) is 4.55. The fourth-order valence-electron chi connectivity index (χ4n) is 1.47. The summed E-state index contributed by atoms with van der Waals surface area (Å²) in [7, 11) is 0. The Balaban J connectivity index is 2.07. The first-order valence-electron chi connectivity index (χ1n) is 5.23. The summed E-state index contributed by atoms with van der Waals surface area (Å²) in [6.07, 6.45) is 1.16. The average molecular weight is 215 g/mol. The molecule has 5 heteroatoms. The Hall–Kier alpha value is -1.10. The highest BCUT2D eigenvalue weighted by Gasteiger charge is 2.34. The van der Waals surface area contributed by atoms with Gasteiger partial charge in [0.15, 0.2) is 0 Å². The van der Waals surface area contributed by atoms with Gasteiger partial charge in [0.05, 0.1) is 5.92 Å². The Morgan fingerprint density at radius 3 is 2.67 bits per heavy atom. The van der Waals surface area contributed by atoms with Crippen LogP contribution in [0.5, 0.6) is 0 Å². The van der Waals surface area contributed by atoms with Crippen molar-refractivity contribution in [3.8, 4) is 0 Å². The van der Waals surface area contributed by atoms with Crippen molar-refractivity contribution in [2.45, 2.75) is 19.8 Å². The molecule has 0 aliphatic carbocycles. The van der Waals surface area contributed by atoms with Gasteiger partial charge in [-0.3, -0.25) is 9.59 Å². The van der Waals surface area contributed by atoms with Crippen LogP contribution < -0.4 is 0 Å². The second kappa shape index (κ2) is 5.70. The zero-order chi connectivity index (χ0) is 11.3. The third-order valence-electron chi connectivity index (χ3n) is 2.47. The number of likely N-dealkylation sites (tertiary alicyclic amines) is 1. The number of rotatable bonds is 6. The van der Waals surface area contributed by atoms with Gasteiger partial charge in [-0.05, 0) is 13.3 Å². The Morgan fingerprint density at radius 1 is 1.47 bits per heavy atom. The Bertz CT molecular complexity index is 236. The van der Waals surface area contributed by atoms with E-state index in [9.17, 15) is 9.59 Å². The first-order valence-corrected chi connectivity index (χ1v) is 5.23. The minimum Gasteiger partial charge on any atom is -0.481 e. The maximum Gasteiger partial charge on any atom is 0.310 e. The van der Waals surface area contributed by atoms with E-state index in [-0.39, 0.29) is 11.8 Å². The van der Waals surface area contributed by atoms with E-state index in [0.717, 1.165) is 0 Å². The summed E-state index contributed by atoms with van der Waals surface area (Å²) in [5.41, 5.74) is 0. The van der Waals surface area contributed by atoms with Crippen LogP contribution in [-0.4, -0.2) is 48.2 Å². The van der Waals surface area contributed by atoms with E-state index in [4.69, 9.17) is 9.84 Å². The SMILES string of the molecule is CCOCCCC(=O)N1CC(C(=O)O)C1. The van der Waals surface area contributed by atoms with Gasteiger partial charge in [-0.1, -0.05) is 0 Å². The van der Waals surface area contributed by atoms with Crippen molar-refractivity contribution in [2.24, 2.45) is 5.92 Å². The fraction of sp³-hybridized carbons (Fsp3) is 0.800. The molecule has 0 saturated carbocycles. The second-order valence-corrected chi connectivity index (χ2v) is 3.63. The van der Waals surface area contributed by atoms with Crippen LogP contribution in [0.2, 0.25) is 0 Å². The number of aliphatic carboxylic acids is 1. The zero-order valence-electron chi connectivity index (χ0n) is 8.94. The zero-order valence-corrected chi connectivity index (χ0v) is 8.94. The summed E-state index contributed by atoms with van der Waals surface area (Å²) >= 11 is 0. The largest absolute Gasteiger partial charge is 0.481 e. The number of hydrogen-bond donors (Lipinski definition) is 1. The monoisotopic (exact) mass is 215 g/mol. The highest BCUT2D eigenvalue weighted by molar-refractivity contribution is 5.80. The van der Waals surface area contributed by atoms with Crippen LogP contribution in [0.1, 0.15) is 19.8 Å². The number of carboxylic acids is 1. The Morgan fingerprint density at radius 2 is 2.13 bits per heavy atom. The van der Waals surface area contributed by atoms with Gasteiger partial charge in [-0.2, -0.15) is 0 Å². The highest BCUT2D eigenvalue weighted by atomic mass is 16.5. The van der Waals surface area contributed by atoms with Crippen molar-refractivity contribution in [3.05, 3.63) is 0 Å². The van der Waals surface area contributed by atoms with Crippen molar-refractivity contribution in [3.63, 3.8) is 0 Å². The second-order valence-electron chi connectivity index (χ2n) is 3.63. The summed E-state index contributed by atoms with van der Waals surface area (Å²) in [6.45, 7) is 3.90. The molecule has 86 valence electrons. The minimum absolute atomic E-state index is 0.0344. The molecular weight excluding hydrogens is 198 g/mol. The number of carbonyl (C=O) groups is 2. The summed E-state index contributed by atoms with van der Waals surface area (Å²) in [4.78, 5) is 23.5. The van der Waals surface area contributed by atoms with Gasteiger partial charge in [-0.25, -0.2) is 0 Å². The molecular formula is C10H17NO4. The van der Waals surface area contributed by atoms with Crippen LogP contribution in [0.4, 0.5) is 0 Å². The number of carbonyl (C=O) groups excluding carboxylic acids is 1. The van der Waals surface area contributed by atoms with E-state index < -0.39 is 5.97 Å². The molecule has 0 radical (unpaired) electrons. The molecule has 15 heavy (non-hydrogen) atoms. The minimum atomic E-state index is -0.812. The van der Waals surface area contributed by atoms with Crippen molar-refractivity contribution in [2.75, 3.05) is 26.3 Å². The van der Waals surface area contributed by atoms with Crippen molar-refractivity contribution >= 4 is 11.9 Å². The van der Waals surface area contributed by atoms with E-state index >= 15 is 0 Å². The molecule has 0 spiro atoms. The lowest BCUT2D eigenvalue weighted by Crippen LogP contribution is -2.53. The first-order chi connectivity index (χ1) is 7.15. The molecule has 1 N–H and O–H groups in total. The van der Waals surface area contributed by atoms with Crippen molar-refractivity contribution in [1.29, 1.82) is 0 Å². The smallest absolute Gasteiger partial charge is 0.310 e. The number of amides is 1. The predicted molar refractivity (Wildman–Crippen MR) is 53.4 cm³/mol. The summed E-state index contributed by atoms with van der Waals surface area (Å²) in [5, 5.41) is 8.62. The molecule has 1 aliphatic rings. The molecule has 1 saturated heterocycles. The number of nitrogens with zero attached hydrogens (tertiary/aromatic N) is 1. The first kappa shape index (κ1) is 12.0. The summed E-state index contributed by atoms with van der Waals surface area (Å²) in [6, 6.07) is 0. The number of hydrogen-bond acceptors (Lipinski definition) is 3. The molecule has 1 heterocycles. The molecule has 1 rings (SSSR count). The van der Waals surface area contributed by atoms with Crippen LogP contribution in [0, 0.1) is 5.92 Å². The molecule has 1 aliphatic heterocycles. The Labute approximate surface area is 89.0 Å². The maximum atomic E-state index is 11.4. The third kappa shape index (κ3) is 3.51. The van der Waals surface area contributed by atoms with Gasteiger partial charge in [0.2, 0.25) is 5.91 Å². The molecule has 0 aromatic heterocycles. The van der Waals surface area contributed by atoms with Crippen LogP contribution in [0.15, 0.2) is 0 Å². The van der Waals surface area contributed by atoms with E-state index in [0.29, 0.717) is 39.1 Å². The quantitative estimate of drug-likeness (QED) is 0.649. The van der Waals surface area contributed by atoms with Crippen LogP contribution in [0.25, 0.3) is 0 Å². The molecule has 5 nitrogen and oxygen atoms in total. The van der Waals surface area contributed by atoms with E-state index in [1.807, 2.05) is 6.92 Å². The maximum absolute atomic E-state index is 11.4. The lowest BCUT2D eigenvalue weighted by atomic mass is 10.00. The lowest BCUT2D eigenvalue weighted by Gasteiger charge is -2.36. The molecule has 1 fully saturated rings. The topological polar surface area (TPSA) is 66.8 Å². The molecule has 0 unspecified atom stereocenters. The highest BCUT2D eigenvalue weighted by Crippen LogP contribution is 2.16. The van der Waals surface area contributed by atoms with Crippen LogP contribution in [0.3, 0.4) is 0 Å². The molecule has 0 atom stereocenters. The van der Waals surface area contributed by atoms with Crippen LogP contribution >= 0.6 is 0 Å². The number of carboxylic acid groups (broad SMARTS) is 1. The normalized spacial score (nSPS) is 16.2. The molecule has 0 aromatic rings. The van der Waals surface area contributed by atoms with Crippen molar-refractivity contribution in [1.82, 2.24) is 4.90 Å². The van der Waals surface area contributed by atoms with E-state index in [1.165, 1.54) is 0 Å². The number of ether oxygens (including phenoxy) is 1. The predicted octanol–water partition coefficient (Wildman–Crippen LogP) is 0.346. The van der Waals surface area contributed by atoms with Crippen molar-refractivity contribution < 1.29 is 19.4 Å². The van der Waals surface area contributed by atoms with E-state index in [2.05, 4.69) is 0 Å². The third-order valence-corrected chi connectivity index (χ3v) is 2.47. The van der Waals surface area contributed by atoms with Crippen LogP contribution in [-0.2, 0) is 14.3 Å². The standard InChI is InChI=1S/C10H17NO4/c1-2-15-5-3-4-9(12)11-6-8(7-11)10(13)14/h8H,2-7H2,1H3,(H,13,14). The fourth-order valence-corrected chi connectivity index (χ4v) is 1.47. The van der Waals surface area contributed by atoms with Gasteiger partial charge < -0.3 is 14.7 Å². The molecule has 0 aromatic carbocycles. The summed E-state index contributed by atoms with van der Waals surface area (Å²) < 4.78 is 5.11. The van der Waals surface area contributed by atoms with E-state index in [1.54, 1.807) is 4.90 Å². The average Bonchev–Trinajstić information content (AvgIpc) is 2.09.